The molecule has 2 atom stereocenters. The van der Waals surface area contributed by atoms with Crippen molar-refractivity contribution in [2.45, 2.75) is 32.3 Å². The van der Waals surface area contributed by atoms with Crippen LogP contribution in [0.1, 0.15) is 57.7 Å². The molecule has 1 amide bonds. The molecular weight excluding hydrogens is 326 g/mol. The van der Waals surface area contributed by atoms with Gasteiger partial charge in [-0.3, -0.25) is 4.79 Å². The summed E-state index contributed by atoms with van der Waals surface area (Å²) in [6.07, 6.45) is 2.54. The topological polar surface area (TPSA) is 46.6 Å². The fraction of sp³-hybridized carbons (Fsp3) is 0.364. The van der Waals surface area contributed by atoms with E-state index in [0.717, 1.165) is 30.6 Å². The van der Waals surface area contributed by atoms with Crippen molar-refractivity contribution < 1.29 is 14.3 Å². The first-order valence-electron chi connectivity index (χ1n) is 9.30. The van der Waals surface area contributed by atoms with E-state index in [9.17, 15) is 9.59 Å². The van der Waals surface area contributed by atoms with Gasteiger partial charge >= 0.3 is 5.97 Å². The fourth-order valence-electron chi connectivity index (χ4n) is 3.94. The molecule has 0 radical (unpaired) electrons. The van der Waals surface area contributed by atoms with Crippen LogP contribution < -0.4 is 0 Å². The molecule has 0 saturated carbocycles. The van der Waals surface area contributed by atoms with Crippen molar-refractivity contribution in [2.24, 2.45) is 5.92 Å². The number of ether oxygens (including phenoxy) is 1. The number of benzene rings is 2. The summed E-state index contributed by atoms with van der Waals surface area (Å²) < 4.78 is 5.60. The summed E-state index contributed by atoms with van der Waals surface area (Å²) in [6.45, 7) is 3.81. The number of esters is 1. The number of carbonyl (C=O) groups excluding carboxylic acids is 2. The van der Waals surface area contributed by atoms with Crippen molar-refractivity contribution in [2.75, 3.05) is 13.1 Å². The standard InChI is InChI=1S/C22H23NO3/c1-15-6-5-11-23(14-15)21(24)17-9-10-19-18(12-17)13-20(26-22(19)25)16-7-3-2-4-8-16/h2-4,7-10,12,15,20H,5-6,11,13-14H2,1H3/t15-,20-/m0/s1. The average molecular weight is 349 g/mol. The van der Waals surface area contributed by atoms with E-state index >= 15 is 0 Å². The second-order valence-electron chi connectivity index (χ2n) is 7.38. The van der Waals surface area contributed by atoms with Gasteiger partial charge in [0.1, 0.15) is 6.10 Å². The van der Waals surface area contributed by atoms with Crippen LogP contribution in [0.2, 0.25) is 0 Å². The third kappa shape index (κ3) is 3.24. The zero-order chi connectivity index (χ0) is 18.1. The number of carbonyl (C=O) groups is 2. The Balaban J connectivity index is 1.60. The Morgan fingerprint density at radius 1 is 1.15 bits per heavy atom. The van der Waals surface area contributed by atoms with Gasteiger partial charge in [0.05, 0.1) is 5.56 Å². The van der Waals surface area contributed by atoms with Crippen molar-refractivity contribution in [3.05, 3.63) is 70.8 Å². The number of cyclic esters (lactones) is 1. The predicted octanol–water partition coefficient (Wildman–Crippen LogP) is 4.01. The Labute approximate surface area is 153 Å². The van der Waals surface area contributed by atoms with Gasteiger partial charge in [-0.15, -0.1) is 0 Å². The predicted molar refractivity (Wildman–Crippen MR) is 99.0 cm³/mol. The SMILES string of the molecule is C[C@H]1CCCN(C(=O)c2ccc3c(c2)C[C@@H](c2ccccc2)OC3=O)C1. The zero-order valence-corrected chi connectivity index (χ0v) is 15.0. The van der Waals surface area contributed by atoms with Gasteiger partial charge in [0.25, 0.3) is 5.91 Å². The zero-order valence-electron chi connectivity index (χ0n) is 15.0. The quantitative estimate of drug-likeness (QED) is 0.770. The van der Waals surface area contributed by atoms with Gasteiger partial charge in [-0.05, 0) is 48.1 Å². The molecule has 0 spiro atoms. The lowest BCUT2D eigenvalue weighted by Crippen LogP contribution is -2.39. The van der Waals surface area contributed by atoms with Gasteiger partial charge in [0, 0.05) is 25.1 Å². The van der Waals surface area contributed by atoms with Crippen molar-refractivity contribution in [3.63, 3.8) is 0 Å². The van der Waals surface area contributed by atoms with Crippen molar-refractivity contribution >= 4 is 11.9 Å². The summed E-state index contributed by atoms with van der Waals surface area (Å²) in [5, 5.41) is 0. The van der Waals surface area contributed by atoms with Gasteiger partial charge < -0.3 is 9.64 Å². The lowest BCUT2D eigenvalue weighted by molar-refractivity contribution is 0.0252. The maximum atomic E-state index is 12.9. The molecule has 0 unspecified atom stereocenters. The minimum Gasteiger partial charge on any atom is -0.454 e. The molecule has 0 N–H and O–H groups in total. The number of hydrogen-bond acceptors (Lipinski definition) is 3. The molecule has 2 aromatic rings. The first kappa shape index (κ1) is 16.8. The second kappa shape index (κ2) is 6.94. The molecule has 2 aliphatic heterocycles. The summed E-state index contributed by atoms with van der Waals surface area (Å²) in [7, 11) is 0. The van der Waals surface area contributed by atoms with Gasteiger partial charge in [-0.2, -0.15) is 0 Å². The Morgan fingerprint density at radius 3 is 2.73 bits per heavy atom. The summed E-state index contributed by atoms with van der Waals surface area (Å²) >= 11 is 0. The molecule has 4 rings (SSSR count). The highest BCUT2D eigenvalue weighted by atomic mass is 16.5. The fourth-order valence-corrected chi connectivity index (χ4v) is 3.94. The van der Waals surface area contributed by atoms with Crippen LogP contribution in [0, 0.1) is 5.92 Å². The minimum atomic E-state index is -0.314. The van der Waals surface area contributed by atoms with Gasteiger partial charge in [0.2, 0.25) is 0 Å². The van der Waals surface area contributed by atoms with Crippen LogP contribution >= 0.6 is 0 Å². The van der Waals surface area contributed by atoms with Crippen LogP contribution in [0.4, 0.5) is 0 Å². The molecule has 2 heterocycles. The highest BCUT2D eigenvalue weighted by Gasteiger charge is 2.29. The number of piperidine rings is 1. The van der Waals surface area contributed by atoms with Crippen LogP contribution in [0.3, 0.4) is 0 Å². The van der Waals surface area contributed by atoms with Crippen LogP contribution in [0.5, 0.6) is 0 Å². The van der Waals surface area contributed by atoms with E-state index in [4.69, 9.17) is 4.74 Å². The van der Waals surface area contributed by atoms with E-state index in [1.165, 1.54) is 6.42 Å². The third-order valence-corrected chi connectivity index (χ3v) is 5.34. The van der Waals surface area contributed by atoms with Gasteiger partial charge in [-0.25, -0.2) is 4.79 Å². The molecule has 2 aliphatic rings. The van der Waals surface area contributed by atoms with E-state index < -0.39 is 0 Å². The maximum absolute atomic E-state index is 12.9. The first-order valence-corrected chi connectivity index (χ1v) is 9.30. The van der Waals surface area contributed by atoms with E-state index in [1.807, 2.05) is 41.3 Å². The highest BCUT2D eigenvalue weighted by Crippen LogP contribution is 2.31. The van der Waals surface area contributed by atoms with Crippen molar-refractivity contribution in [1.82, 2.24) is 4.90 Å². The number of nitrogens with zero attached hydrogens (tertiary/aromatic N) is 1. The van der Waals surface area contributed by atoms with Gasteiger partial charge in [-0.1, -0.05) is 37.3 Å². The summed E-state index contributed by atoms with van der Waals surface area (Å²) in [5.74, 6) is 0.294. The largest absolute Gasteiger partial charge is 0.454 e. The first-order chi connectivity index (χ1) is 12.6. The summed E-state index contributed by atoms with van der Waals surface area (Å²) in [5.41, 5.74) is 3.11. The molecule has 1 fully saturated rings. The highest BCUT2D eigenvalue weighted by molar-refractivity contribution is 5.97. The van der Waals surface area contributed by atoms with E-state index in [-0.39, 0.29) is 18.0 Å². The van der Waals surface area contributed by atoms with E-state index in [0.29, 0.717) is 23.5 Å². The number of fused-ring (bicyclic) bond motifs is 1. The Morgan fingerprint density at radius 2 is 1.96 bits per heavy atom. The molecule has 4 heteroatoms. The monoisotopic (exact) mass is 349 g/mol. The smallest absolute Gasteiger partial charge is 0.339 e. The third-order valence-electron chi connectivity index (χ3n) is 5.34. The summed E-state index contributed by atoms with van der Waals surface area (Å²) in [6, 6.07) is 15.1. The lowest BCUT2D eigenvalue weighted by Gasteiger charge is -2.31. The molecule has 0 aromatic heterocycles. The van der Waals surface area contributed by atoms with Crippen LogP contribution in [0.15, 0.2) is 48.5 Å². The molecule has 4 nitrogen and oxygen atoms in total. The molecule has 0 bridgehead atoms. The minimum absolute atomic E-state index is 0.0644. The number of hydrogen-bond donors (Lipinski definition) is 0. The molecule has 1 saturated heterocycles. The number of rotatable bonds is 2. The van der Waals surface area contributed by atoms with Gasteiger partial charge in [0.15, 0.2) is 0 Å². The molecule has 0 aliphatic carbocycles. The average Bonchev–Trinajstić information content (AvgIpc) is 2.67. The van der Waals surface area contributed by atoms with E-state index in [1.54, 1.807) is 12.1 Å². The number of amides is 1. The van der Waals surface area contributed by atoms with Crippen LogP contribution in [-0.2, 0) is 11.2 Å². The number of likely N-dealkylation sites (tertiary alicyclic amines) is 1. The molecule has 2 aromatic carbocycles. The Kier molecular flexibility index (Phi) is 4.49. The van der Waals surface area contributed by atoms with Crippen molar-refractivity contribution in [3.8, 4) is 0 Å². The normalized spacial score (nSPS) is 22.5. The maximum Gasteiger partial charge on any atom is 0.339 e. The molecule has 134 valence electrons. The summed E-state index contributed by atoms with van der Waals surface area (Å²) in [4.78, 5) is 27.2. The van der Waals surface area contributed by atoms with Crippen LogP contribution in [0.25, 0.3) is 0 Å². The Bertz CT molecular complexity index is 831. The van der Waals surface area contributed by atoms with Crippen LogP contribution in [-0.4, -0.2) is 29.9 Å². The van der Waals surface area contributed by atoms with E-state index in [2.05, 4.69) is 6.92 Å². The Hall–Kier alpha value is -2.62. The lowest BCUT2D eigenvalue weighted by atomic mass is 9.92. The van der Waals surface area contributed by atoms with Crippen molar-refractivity contribution in [1.29, 1.82) is 0 Å². The molecular formula is C22H23NO3. The molecule has 26 heavy (non-hydrogen) atoms. The second-order valence-corrected chi connectivity index (χ2v) is 7.38.